The molecule has 0 aromatic rings. The molecule has 74 valence electrons. The van der Waals surface area contributed by atoms with Gasteiger partial charge in [0.1, 0.15) is 0 Å². The van der Waals surface area contributed by atoms with Crippen LogP contribution in [0.3, 0.4) is 0 Å². The Hall–Kier alpha value is -0.860. The van der Waals surface area contributed by atoms with E-state index >= 15 is 0 Å². The maximum Gasteiger partial charge on any atom is 0.305 e. The van der Waals surface area contributed by atoms with Crippen LogP contribution in [0.2, 0.25) is 0 Å². The standard InChI is InChI=1S/C10H17NO2/c1-2-13-10(12)7-4-8-11-9-5-3-6-9/h2-8H2,1H3. The Morgan fingerprint density at radius 3 is 2.85 bits per heavy atom. The third kappa shape index (κ3) is 4.06. The van der Waals surface area contributed by atoms with E-state index in [0.29, 0.717) is 13.0 Å². The van der Waals surface area contributed by atoms with Crippen molar-refractivity contribution in [1.82, 2.24) is 0 Å². The van der Waals surface area contributed by atoms with E-state index in [9.17, 15) is 4.79 Å². The third-order valence-corrected chi connectivity index (χ3v) is 2.11. The zero-order chi connectivity index (χ0) is 9.52. The van der Waals surface area contributed by atoms with Crippen LogP contribution in [0, 0.1) is 0 Å². The smallest absolute Gasteiger partial charge is 0.305 e. The van der Waals surface area contributed by atoms with Gasteiger partial charge in [-0.15, -0.1) is 0 Å². The average Bonchev–Trinajstić information content (AvgIpc) is 2.01. The van der Waals surface area contributed by atoms with Crippen molar-refractivity contribution in [2.45, 2.75) is 39.0 Å². The van der Waals surface area contributed by atoms with E-state index < -0.39 is 0 Å². The van der Waals surface area contributed by atoms with E-state index in [2.05, 4.69) is 4.99 Å². The molecule has 0 amide bonds. The third-order valence-electron chi connectivity index (χ3n) is 2.11. The molecule has 1 aliphatic rings. The maximum absolute atomic E-state index is 10.9. The Morgan fingerprint density at radius 1 is 1.54 bits per heavy atom. The lowest BCUT2D eigenvalue weighted by molar-refractivity contribution is -0.143. The summed E-state index contributed by atoms with van der Waals surface area (Å²) in [5.41, 5.74) is 1.32. The van der Waals surface area contributed by atoms with Crippen LogP contribution in [0.5, 0.6) is 0 Å². The van der Waals surface area contributed by atoms with Crippen molar-refractivity contribution in [3.63, 3.8) is 0 Å². The van der Waals surface area contributed by atoms with Gasteiger partial charge in [0.05, 0.1) is 6.61 Å². The Labute approximate surface area is 79.2 Å². The second-order valence-corrected chi connectivity index (χ2v) is 3.21. The largest absolute Gasteiger partial charge is 0.466 e. The molecule has 0 saturated heterocycles. The van der Waals surface area contributed by atoms with Crippen molar-refractivity contribution in [3.05, 3.63) is 0 Å². The fourth-order valence-corrected chi connectivity index (χ4v) is 1.19. The van der Waals surface area contributed by atoms with Crippen molar-refractivity contribution >= 4 is 11.7 Å². The Balaban J connectivity index is 1.97. The summed E-state index contributed by atoms with van der Waals surface area (Å²) in [5, 5.41) is 0. The van der Waals surface area contributed by atoms with Gasteiger partial charge >= 0.3 is 5.97 Å². The lowest BCUT2D eigenvalue weighted by Gasteiger charge is -2.13. The Morgan fingerprint density at radius 2 is 2.31 bits per heavy atom. The highest BCUT2D eigenvalue weighted by atomic mass is 16.5. The summed E-state index contributed by atoms with van der Waals surface area (Å²) >= 11 is 0. The van der Waals surface area contributed by atoms with E-state index in [1.807, 2.05) is 6.92 Å². The van der Waals surface area contributed by atoms with Crippen molar-refractivity contribution in [2.75, 3.05) is 13.2 Å². The molecule has 0 aromatic carbocycles. The van der Waals surface area contributed by atoms with Crippen molar-refractivity contribution in [2.24, 2.45) is 4.99 Å². The molecule has 0 radical (unpaired) electrons. The molecule has 1 saturated carbocycles. The number of hydrogen-bond donors (Lipinski definition) is 0. The van der Waals surface area contributed by atoms with Crippen LogP contribution in [0.1, 0.15) is 39.0 Å². The topological polar surface area (TPSA) is 38.7 Å². The summed E-state index contributed by atoms with van der Waals surface area (Å²) in [6.07, 6.45) is 4.95. The average molecular weight is 183 g/mol. The number of rotatable bonds is 5. The molecule has 1 aliphatic carbocycles. The van der Waals surface area contributed by atoms with Gasteiger partial charge in [0.25, 0.3) is 0 Å². The van der Waals surface area contributed by atoms with Crippen molar-refractivity contribution in [3.8, 4) is 0 Å². The zero-order valence-electron chi connectivity index (χ0n) is 8.21. The predicted molar refractivity (Wildman–Crippen MR) is 52.0 cm³/mol. The van der Waals surface area contributed by atoms with E-state index in [4.69, 9.17) is 4.74 Å². The van der Waals surface area contributed by atoms with E-state index in [1.54, 1.807) is 0 Å². The summed E-state index contributed by atoms with van der Waals surface area (Å²) in [4.78, 5) is 15.3. The highest BCUT2D eigenvalue weighted by molar-refractivity contribution is 5.89. The molecule has 0 bridgehead atoms. The molecule has 0 unspecified atom stereocenters. The summed E-state index contributed by atoms with van der Waals surface area (Å²) in [5.74, 6) is -0.101. The molecule has 1 fully saturated rings. The first-order valence-electron chi connectivity index (χ1n) is 5.00. The number of nitrogens with zero attached hydrogens (tertiary/aromatic N) is 1. The van der Waals surface area contributed by atoms with Crippen molar-refractivity contribution < 1.29 is 9.53 Å². The SMILES string of the molecule is CCOC(=O)CCCN=C1CCC1. The van der Waals surface area contributed by atoms with Gasteiger partial charge in [0, 0.05) is 18.7 Å². The summed E-state index contributed by atoms with van der Waals surface area (Å²) in [6.45, 7) is 3.09. The van der Waals surface area contributed by atoms with Crippen LogP contribution in [0.25, 0.3) is 0 Å². The van der Waals surface area contributed by atoms with Gasteiger partial charge in [-0.25, -0.2) is 0 Å². The first kappa shape index (κ1) is 10.2. The molecule has 3 heteroatoms. The lowest BCUT2D eigenvalue weighted by atomic mass is 9.97. The molecular weight excluding hydrogens is 166 g/mol. The van der Waals surface area contributed by atoms with Gasteiger partial charge in [-0.05, 0) is 32.6 Å². The predicted octanol–water partition coefficient (Wildman–Crippen LogP) is 1.95. The second kappa shape index (κ2) is 5.73. The zero-order valence-corrected chi connectivity index (χ0v) is 8.21. The highest BCUT2D eigenvalue weighted by Gasteiger charge is 2.08. The highest BCUT2D eigenvalue weighted by Crippen LogP contribution is 2.14. The fraction of sp³-hybridized carbons (Fsp3) is 0.800. The van der Waals surface area contributed by atoms with Crippen LogP contribution in [0.4, 0.5) is 0 Å². The van der Waals surface area contributed by atoms with Gasteiger partial charge in [-0.3, -0.25) is 9.79 Å². The van der Waals surface area contributed by atoms with E-state index in [0.717, 1.165) is 13.0 Å². The van der Waals surface area contributed by atoms with Crippen LogP contribution in [0.15, 0.2) is 4.99 Å². The minimum atomic E-state index is -0.101. The molecule has 1 rings (SSSR count). The molecule has 0 heterocycles. The van der Waals surface area contributed by atoms with Crippen molar-refractivity contribution in [1.29, 1.82) is 0 Å². The van der Waals surface area contributed by atoms with Crippen LogP contribution in [-0.2, 0) is 9.53 Å². The first-order valence-corrected chi connectivity index (χ1v) is 5.00. The first-order chi connectivity index (χ1) is 6.33. The molecule has 0 aliphatic heterocycles. The number of ether oxygens (including phenoxy) is 1. The van der Waals surface area contributed by atoms with Gasteiger partial charge in [0.15, 0.2) is 0 Å². The minimum absolute atomic E-state index is 0.101. The van der Waals surface area contributed by atoms with Gasteiger partial charge in [0.2, 0.25) is 0 Å². The number of carbonyl (C=O) groups excluding carboxylic acids is 1. The van der Waals surface area contributed by atoms with E-state index in [-0.39, 0.29) is 5.97 Å². The van der Waals surface area contributed by atoms with Crippen LogP contribution in [-0.4, -0.2) is 24.8 Å². The molecule has 13 heavy (non-hydrogen) atoms. The van der Waals surface area contributed by atoms with E-state index in [1.165, 1.54) is 25.0 Å². The van der Waals surface area contributed by atoms with Gasteiger partial charge in [-0.2, -0.15) is 0 Å². The summed E-state index contributed by atoms with van der Waals surface area (Å²) < 4.78 is 4.80. The van der Waals surface area contributed by atoms with Gasteiger partial charge < -0.3 is 4.74 Å². The van der Waals surface area contributed by atoms with Gasteiger partial charge in [-0.1, -0.05) is 0 Å². The molecule has 3 nitrogen and oxygen atoms in total. The van der Waals surface area contributed by atoms with Crippen LogP contribution >= 0.6 is 0 Å². The minimum Gasteiger partial charge on any atom is -0.466 e. The quantitative estimate of drug-likeness (QED) is 0.482. The second-order valence-electron chi connectivity index (χ2n) is 3.21. The fourth-order valence-electron chi connectivity index (χ4n) is 1.19. The Bertz CT molecular complexity index is 193. The van der Waals surface area contributed by atoms with Crippen LogP contribution < -0.4 is 0 Å². The summed E-state index contributed by atoms with van der Waals surface area (Å²) in [6, 6.07) is 0. The Kier molecular flexibility index (Phi) is 4.50. The number of esters is 1. The maximum atomic E-state index is 10.9. The molecular formula is C10H17NO2. The number of hydrogen-bond acceptors (Lipinski definition) is 3. The molecule has 0 spiro atoms. The normalized spacial score (nSPS) is 15.0. The number of aliphatic imine (C=N–C) groups is 1. The lowest BCUT2D eigenvalue weighted by Crippen LogP contribution is -2.10. The number of carbonyl (C=O) groups is 1. The molecule has 0 aromatic heterocycles. The summed E-state index contributed by atoms with van der Waals surface area (Å²) in [7, 11) is 0. The molecule has 0 N–H and O–H groups in total. The monoisotopic (exact) mass is 183 g/mol. The molecule has 0 atom stereocenters.